The van der Waals surface area contributed by atoms with Crippen LogP contribution in [0.1, 0.15) is 19.9 Å². The van der Waals surface area contributed by atoms with E-state index < -0.39 is 0 Å². The van der Waals surface area contributed by atoms with Crippen LogP contribution in [0, 0.1) is 5.95 Å². The summed E-state index contributed by atoms with van der Waals surface area (Å²) in [5.74, 6) is -0.330. The lowest BCUT2D eigenvalue weighted by Gasteiger charge is -2.03. The number of hydrogen-bond donors (Lipinski definition) is 0. The predicted molar refractivity (Wildman–Crippen MR) is 55.6 cm³/mol. The summed E-state index contributed by atoms with van der Waals surface area (Å²) in [7, 11) is 0. The second-order valence-corrected chi connectivity index (χ2v) is 4.27. The van der Waals surface area contributed by atoms with Crippen molar-refractivity contribution in [3.05, 3.63) is 22.7 Å². The molecule has 0 fully saturated rings. The summed E-state index contributed by atoms with van der Waals surface area (Å²) >= 11 is 3.25. The zero-order valence-electron chi connectivity index (χ0n) is 7.83. The summed E-state index contributed by atoms with van der Waals surface area (Å²) in [6, 6.07) is 1.69. The van der Waals surface area contributed by atoms with Gasteiger partial charge in [0.25, 0.3) is 0 Å². The molecule has 0 aliphatic rings. The first kappa shape index (κ1) is 9.58. The molecule has 0 saturated heterocycles. The van der Waals surface area contributed by atoms with E-state index in [0.717, 1.165) is 4.47 Å². The molecule has 0 amide bonds. The number of halogens is 2. The molecule has 0 aromatic carbocycles. The van der Waals surface area contributed by atoms with Crippen molar-refractivity contribution in [1.82, 2.24) is 14.8 Å². The summed E-state index contributed by atoms with van der Waals surface area (Å²) < 4.78 is 15.8. The molecular formula is C9H9BrFN3. The Bertz CT molecular complexity index is 478. The van der Waals surface area contributed by atoms with Crippen LogP contribution in [0.15, 0.2) is 16.7 Å². The molecule has 74 valence electrons. The molecule has 0 spiro atoms. The van der Waals surface area contributed by atoms with Crippen molar-refractivity contribution in [3.63, 3.8) is 0 Å². The largest absolute Gasteiger partial charge is 0.234 e. The highest BCUT2D eigenvalue weighted by molar-refractivity contribution is 9.10. The molecule has 14 heavy (non-hydrogen) atoms. The van der Waals surface area contributed by atoms with E-state index in [-0.39, 0.29) is 12.0 Å². The number of hydrogen-bond acceptors (Lipinski definition) is 2. The predicted octanol–water partition coefficient (Wildman–Crippen LogP) is 2.91. The Morgan fingerprint density at radius 1 is 1.50 bits per heavy atom. The molecule has 0 aliphatic heterocycles. The van der Waals surface area contributed by atoms with E-state index in [0.29, 0.717) is 11.0 Å². The van der Waals surface area contributed by atoms with Crippen LogP contribution in [0.2, 0.25) is 0 Å². The summed E-state index contributed by atoms with van der Waals surface area (Å²) in [6.07, 6.45) is 1.61. The molecule has 2 aromatic rings. The fourth-order valence-corrected chi connectivity index (χ4v) is 1.61. The van der Waals surface area contributed by atoms with E-state index in [1.165, 1.54) is 4.68 Å². The minimum absolute atomic E-state index is 0.00276. The van der Waals surface area contributed by atoms with E-state index >= 15 is 0 Å². The van der Waals surface area contributed by atoms with Gasteiger partial charge in [-0.2, -0.15) is 4.39 Å². The fraction of sp³-hybridized carbons (Fsp3) is 0.333. The van der Waals surface area contributed by atoms with Gasteiger partial charge in [0.1, 0.15) is 0 Å². The second kappa shape index (κ2) is 3.31. The quantitative estimate of drug-likeness (QED) is 0.787. The molecule has 0 bridgehead atoms. The molecule has 2 heterocycles. The molecular weight excluding hydrogens is 249 g/mol. The Morgan fingerprint density at radius 3 is 2.86 bits per heavy atom. The molecule has 2 rings (SSSR count). The van der Waals surface area contributed by atoms with Crippen LogP contribution in [0.25, 0.3) is 11.0 Å². The van der Waals surface area contributed by atoms with E-state index in [1.54, 1.807) is 12.3 Å². The van der Waals surface area contributed by atoms with Crippen LogP contribution in [-0.2, 0) is 0 Å². The van der Waals surface area contributed by atoms with Gasteiger partial charge in [-0.3, -0.25) is 0 Å². The van der Waals surface area contributed by atoms with Crippen LogP contribution in [0.3, 0.4) is 0 Å². The van der Waals surface area contributed by atoms with Crippen molar-refractivity contribution >= 4 is 27.0 Å². The van der Waals surface area contributed by atoms with E-state index in [9.17, 15) is 4.39 Å². The van der Waals surface area contributed by atoms with Gasteiger partial charge in [-0.15, -0.1) is 5.10 Å². The topological polar surface area (TPSA) is 30.7 Å². The second-order valence-electron chi connectivity index (χ2n) is 3.35. The maximum absolute atomic E-state index is 13.7. The van der Waals surface area contributed by atoms with Crippen molar-refractivity contribution in [2.45, 2.75) is 19.9 Å². The van der Waals surface area contributed by atoms with Gasteiger partial charge in [-0.05, 0) is 35.8 Å². The highest BCUT2D eigenvalue weighted by Crippen LogP contribution is 2.21. The Hall–Kier alpha value is -0.970. The van der Waals surface area contributed by atoms with Crippen molar-refractivity contribution in [1.29, 1.82) is 0 Å². The number of nitrogens with zero attached hydrogens (tertiary/aromatic N) is 3. The lowest BCUT2D eigenvalue weighted by Crippen LogP contribution is -2.05. The minimum atomic E-state index is -0.330. The lowest BCUT2D eigenvalue weighted by molar-refractivity contribution is 0.421. The summed E-state index contributed by atoms with van der Waals surface area (Å²) in [5.41, 5.74) is 0.444. The lowest BCUT2D eigenvalue weighted by atomic mass is 10.3. The molecule has 0 N–H and O–H groups in total. The van der Waals surface area contributed by atoms with Gasteiger partial charge >= 0.3 is 0 Å². The SMILES string of the molecule is CC(C)n1nc2ncc(Br)cc2c1F. The van der Waals surface area contributed by atoms with Gasteiger partial charge in [0.2, 0.25) is 5.95 Å². The summed E-state index contributed by atoms with van der Waals surface area (Å²) in [5, 5.41) is 4.51. The van der Waals surface area contributed by atoms with Gasteiger partial charge in [0.05, 0.1) is 5.39 Å². The van der Waals surface area contributed by atoms with Crippen molar-refractivity contribution < 1.29 is 4.39 Å². The molecule has 3 nitrogen and oxygen atoms in total. The molecule has 0 aliphatic carbocycles. The highest BCUT2D eigenvalue weighted by atomic mass is 79.9. The van der Waals surface area contributed by atoms with Crippen LogP contribution in [0.4, 0.5) is 4.39 Å². The first-order valence-corrected chi connectivity index (χ1v) is 5.08. The molecule has 0 atom stereocenters. The van der Waals surface area contributed by atoms with Gasteiger partial charge in [0, 0.05) is 16.7 Å². The minimum Gasteiger partial charge on any atom is -0.234 e. The van der Waals surface area contributed by atoms with Crippen LogP contribution in [-0.4, -0.2) is 14.8 Å². The Kier molecular flexibility index (Phi) is 2.26. The highest BCUT2D eigenvalue weighted by Gasteiger charge is 2.13. The molecule has 0 radical (unpaired) electrons. The third-order valence-electron chi connectivity index (χ3n) is 1.95. The van der Waals surface area contributed by atoms with Gasteiger partial charge < -0.3 is 0 Å². The van der Waals surface area contributed by atoms with E-state index in [2.05, 4.69) is 26.0 Å². The smallest absolute Gasteiger partial charge is 0.221 e. The van der Waals surface area contributed by atoms with E-state index in [1.807, 2.05) is 13.8 Å². The van der Waals surface area contributed by atoms with Crippen molar-refractivity contribution in [3.8, 4) is 0 Å². The first-order chi connectivity index (χ1) is 6.59. The van der Waals surface area contributed by atoms with Gasteiger partial charge in [0.15, 0.2) is 5.65 Å². The fourth-order valence-electron chi connectivity index (χ4n) is 1.28. The third-order valence-corrected chi connectivity index (χ3v) is 2.38. The average Bonchev–Trinajstić information content (AvgIpc) is 2.44. The molecule has 2 aromatic heterocycles. The number of aromatic nitrogens is 3. The van der Waals surface area contributed by atoms with Crippen molar-refractivity contribution in [2.75, 3.05) is 0 Å². The van der Waals surface area contributed by atoms with Crippen LogP contribution in [0.5, 0.6) is 0 Å². The number of fused-ring (bicyclic) bond motifs is 1. The van der Waals surface area contributed by atoms with Gasteiger partial charge in [-0.25, -0.2) is 9.67 Å². The van der Waals surface area contributed by atoms with E-state index in [4.69, 9.17) is 0 Å². The standard InChI is InChI=1S/C9H9BrFN3/c1-5(2)14-8(11)7-3-6(10)4-12-9(7)13-14/h3-5H,1-2H3. The summed E-state index contributed by atoms with van der Waals surface area (Å²) in [6.45, 7) is 3.76. The maximum Gasteiger partial charge on any atom is 0.221 e. The Labute approximate surface area is 89.1 Å². The molecule has 0 saturated carbocycles. The summed E-state index contributed by atoms with van der Waals surface area (Å²) in [4.78, 5) is 4.03. The van der Waals surface area contributed by atoms with Crippen molar-refractivity contribution in [2.24, 2.45) is 0 Å². The first-order valence-electron chi connectivity index (χ1n) is 4.29. The average molecular weight is 258 g/mol. The zero-order chi connectivity index (χ0) is 10.3. The zero-order valence-corrected chi connectivity index (χ0v) is 9.42. The van der Waals surface area contributed by atoms with Crippen LogP contribution >= 0.6 is 15.9 Å². The van der Waals surface area contributed by atoms with Gasteiger partial charge in [-0.1, -0.05) is 0 Å². The Balaban J connectivity index is 2.74. The third kappa shape index (κ3) is 1.41. The van der Waals surface area contributed by atoms with Crippen LogP contribution < -0.4 is 0 Å². The number of pyridine rings is 1. The normalized spacial score (nSPS) is 11.5. The molecule has 0 unspecified atom stereocenters. The number of rotatable bonds is 1. The monoisotopic (exact) mass is 257 g/mol. The maximum atomic E-state index is 13.7. The molecule has 5 heteroatoms. The Morgan fingerprint density at radius 2 is 2.21 bits per heavy atom.